The first-order valence-electron chi connectivity index (χ1n) is 7.19. The Morgan fingerprint density at radius 2 is 2.18 bits per heavy atom. The SMILES string of the molecule is NCC1CCCN1C(=O)CN=C1NS(=O)(=O)c2ccccc21. The van der Waals surface area contributed by atoms with Gasteiger partial charge in [-0.05, 0) is 25.0 Å². The minimum absolute atomic E-state index is 0.0697. The Kier molecular flexibility index (Phi) is 3.88. The van der Waals surface area contributed by atoms with Crippen molar-refractivity contribution in [2.75, 3.05) is 19.6 Å². The first-order valence-corrected chi connectivity index (χ1v) is 8.67. The lowest BCUT2D eigenvalue weighted by Gasteiger charge is -2.22. The monoisotopic (exact) mass is 322 g/mol. The maximum absolute atomic E-state index is 12.2. The Bertz CT molecular complexity index is 729. The highest BCUT2D eigenvalue weighted by Gasteiger charge is 2.31. The van der Waals surface area contributed by atoms with Gasteiger partial charge in [-0.1, -0.05) is 12.1 Å². The van der Waals surface area contributed by atoms with Gasteiger partial charge in [0.05, 0.1) is 4.90 Å². The summed E-state index contributed by atoms with van der Waals surface area (Å²) in [5.74, 6) is 0.108. The Morgan fingerprint density at radius 3 is 2.95 bits per heavy atom. The maximum Gasteiger partial charge on any atom is 0.263 e. The number of nitrogens with two attached hydrogens (primary N) is 1. The highest BCUT2D eigenvalue weighted by atomic mass is 32.2. The van der Waals surface area contributed by atoms with Crippen molar-refractivity contribution in [1.29, 1.82) is 0 Å². The molecule has 0 radical (unpaired) electrons. The Hall–Kier alpha value is -1.93. The molecule has 3 N–H and O–H groups in total. The third-order valence-corrected chi connectivity index (χ3v) is 5.40. The number of amidine groups is 1. The second-order valence-electron chi connectivity index (χ2n) is 5.39. The van der Waals surface area contributed by atoms with Crippen LogP contribution in [0, 0.1) is 0 Å². The van der Waals surface area contributed by atoms with Crippen molar-refractivity contribution in [1.82, 2.24) is 9.62 Å². The van der Waals surface area contributed by atoms with Crippen molar-refractivity contribution in [2.45, 2.75) is 23.8 Å². The predicted octanol–water partition coefficient (Wildman–Crippen LogP) is -0.325. The third kappa shape index (κ3) is 2.59. The van der Waals surface area contributed by atoms with E-state index in [0.29, 0.717) is 18.7 Å². The number of benzene rings is 1. The molecule has 1 aromatic carbocycles. The average molecular weight is 322 g/mol. The van der Waals surface area contributed by atoms with Gasteiger partial charge >= 0.3 is 0 Å². The summed E-state index contributed by atoms with van der Waals surface area (Å²) in [7, 11) is -3.56. The molecule has 1 saturated heterocycles. The zero-order valence-corrected chi connectivity index (χ0v) is 12.8. The number of hydrogen-bond donors (Lipinski definition) is 2. The fraction of sp³-hybridized carbons (Fsp3) is 0.429. The van der Waals surface area contributed by atoms with Gasteiger partial charge in [0.25, 0.3) is 10.0 Å². The van der Waals surface area contributed by atoms with Crippen LogP contribution >= 0.6 is 0 Å². The molecule has 8 heteroatoms. The summed E-state index contributed by atoms with van der Waals surface area (Å²) in [6.07, 6.45) is 1.86. The molecule has 3 rings (SSSR count). The topological polar surface area (TPSA) is 105 Å². The van der Waals surface area contributed by atoms with E-state index in [2.05, 4.69) is 9.71 Å². The molecule has 2 heterocycles. The van der Waals surface area contributed by atoms with Crippen LogP contribution in [0.1, 0.15) is 18.4 Å². The molecular formula is C14H18N4O3S. The van der Waals surface area contributed by atoms with Gasteiger partial charge in [-0.3, -0.25) is 14.5 Å². The van der Waals surface area contributed by atoms with Crippen molar-refractivity contribution < 1.29 is 13.2 Å². The van der Waals surface area contributed by atoms with Crippen molar-refractivity contribution in [3.8, 4) is 0 Å². The van der Waals surface area contributed by atoms with E-state index in [1.165, 1.54) is 6.07 Å². The van der Waals surface area contributed by atoms with Gasteiger partial charge in [0, 0.05) is 24.7 Å². The number of sulfonamides is 1. The van der Waals surface area contributed by atoms with Gasteiger partial charge in [-0.25, -0.2) is 8.42 Å². The highest BCUT2D eigenvalue weighted by molar-refractivity contribution is 7.90. The second-order valence-corrected chi connectivity index (χ2v) is 7.04. The summed E-state index contributed by atoms with van der Waals surface area (Å²) in [5.41, 5.74) is 6.16. The third-order valence-electron chi connectivity index (χ3n) is 4.00. The Morgan fingerprint density at radius 1 is 1.41 bits per heavy atom. The number of aliphatic imine (C=N–C) groups is 1. The summed E-state index contributed by atoms with van der Waals surface area (Å²) < 4.78 is 26.3. The van der Waals surface area contributed by atoms with Crippen LogP contribution in [0.2, 0.25) is 0 Å². The van der Waals surface area contributed by atoms with Gasteiger partial charge in [0.1, 0.15) is 12.4 Å². The number of likely N-dealkylation sites (tertiary alicyclic amines) is 1. The van der Waals surface area contributed by atoms with Crippen LogP contribution in [0.4, 0.5) is 0 Å². The molecule has 1 unspecified atom stereocenters. The predicted molar refractivity (Wildman–Crippen MR) is 82.0 cm³/mol. The molecule has 0 saturated carbocycles. The van der Waals surface area contributed by atoms with Crippen molar-refractivity contribution in [3.63, 3.8) is 0 Å². The highest BCUT2D eigenvalue weighted by Crippen LogP contribution is 2.22. The molecule has 0 aromatic heterocycles. The average Bonchev–Trinajstić information content (AvgIpc) is 3.08. The van der Waals surface area contributed by atoms with E-state index in [0.717, 1.165) is 12.8 Å². The number of carbonyl (C=O) groups excluding carboxylic acids is 1. The number of nitrogens with zero attached hydrogens (tertiary/aromatic N) is 2. The number of carbonyl (C=O) groups is 1. The van der Waals surface area contributed by atoms with E-state index >= 15 is 0 Å². The van der Waals surface area contributed by atoms with E-state index in [1.54, 1.807) is 23.1 Å². The van der Waals surface area contributed by atoms with E-state index in [4.69, 9.17) is 5.73 Å². The largest absolute Gasteiger partial charge is 0.337 e. The van der Waals surface area contributed by atoms with Crippen LogP contribution in [0.15, 0.2) is 34.2 Å². The molecule has 22 heavy (non-hydrogen) atoms. The number of fused-ring (bicyclic) bond motifs is 1. The fourth-order valence-electron chi connectivity index (χ4n) is 2.90. The molecule has 118 valence electrons. The van der Waals surface area contributed by atoms with Gasteiger partial charge in [-0.15, -0.1) is 0 Å². The number of hydrogen-bond acceptors (Lipinski definition) is 5. The summed E-state index contributed by atoms with van der Waals surface area (Å²) in [6.45, 7) is 1.05. The van der Waals surface area contributed by atoms with Gasteiger partial charge in [-0.2, -0.15) is 0 Å². The van der Waals surface area contributed by atoms with Crippen LogP contribution < -0.4 is 10.5 Å². The smallest absolute Gasteiger partial charge is 0.263 e. The molecule has 2 aliphatic rings. The number of amides is 1. The van der Waals surface area contributed by atoms with E-state index in [-0.39, 0.29) is 29.2 Å². The first kappa shape index (κ1) is 15.0. The van der Waals surface area contributed by atoms with Crippen LogP contribution in [-0.2, 0) is 14.8 Å². The number of rotatable bonds is 3. The van der Waals surface area contributed by atoms with Gasteiger partial charge < -0.3 is 10.6 Å². The zero-order chi connectivity index (χ0) is 15.7. The molecule has 0 bridgehead atoms. The molecule has 1 amide bonds. The standard InChI is InChI=1S/C14H18N4O3S/c15-8-10-4-3-7-18(10)13(19)9-16-14-11-5-1-2-6-12(11)22(20,21)17-14/h1-2,5-6,10H,3-4,7-9,15H2,(H,16,17). The lowest BCUT2D eigenvalue weighted by Crippen LogP contribution is -2.41. The molecule has 2 aliphatic heterocycles. The number of nitrogens with one attached hydrogen (secondary N) is 1. The van der Waals surface area contributed by atoms with Gasteiger partial charge in [0.2, 0.25) is 5.91 Å². The summed E-state index contributed by atoms with van der Waals surface area (Å²) >= 11 is 0. The Labute approximate surface area is 129 Å². The van der Waals surface area contributed by atoms with Crippen LogP contribution in [0.25, 0.3) is 0 Å². The summed E-state index contributed by atoms with van der Waals surface area (Å²) in [6, 6.07) is 6.66. The summed E-state index contributed by atoms with van der Waals surface area (Å²) in [4.78, 5) is 18.3. The van der Waals surface area contributed by atoms with Crippen LogP contribution in [0.5, 0.6) is 0 Å². The lowest BCUT2D eigenvalue weighted by atomic mass is 10.2. The minimum Gasteiger partial charge on any atom is -0.337 e. The van der Waals surface area contributed by atoms with Crippen molar-refractivity contribution in [2.24, 2.45) is 10.7 Å². The second kappa shape index (κ2) is 5.69. The molecule has 1 atom stereocenters. The van der Waals surface area contributed by atoms with Crippen molar-refractivity contribution in [3.05, 3.63) is 29.8 Å². The first-order chi connectivity index (χ1) is 10.5. The van der Waals surface area contributed by atoms with Crippen LogP contribution in [-0.4, -0.2) is 50.7 Å². The summed E-state index contributed by atoms with van der Waals surface area (Å²) in [5, 5.41) is 0. The lowest BCUT2D eigenvalue weighted by molar-refractivity contribution is -0.130. The van der Waals surface area contributed by atoms with Crippen LogP contribution in [0.3, 0.4) is 0 Å². The van der Waals surface area contributed by atoms with Gasteiger partial charge in [0.15, 0.2) is 0 Å². The molecule has 1 aromatic rings. The van der Waals surface area contributed by atoms with E-state index < -0.39 is 10.0 Å². The molecular weight excluding hydrogens is 304 g/mol. The van der Waals surface area contributed by atoms with Crippen molar-refractivity contribution >= 4 is 21.8 Å². The maximum atomic E-state index is 12.2. The molecule has 1 fully saturated rings. The Balaban J connectivity index is 1.78. The molecule has 7 nitrogen and oxygen atoms in total. The minimum atomic E-state index is -3.56. The molecule has 0 spiro atoms. The van der Waals surface area contributed by atoms with E-state index in [1.807, 2.05) is 0 Å². The normalized spacial score (nSPS) is 24.3. The fourth-order valence-corrected chi connectivity index (χ4v) is 4.15. The quantitative estimate of drug-likeness (QED) is 0.795. The molecule has 0 aliphatic carbocycles. The van der Waals surface area contributed by atoms with E-state index in [9.17, 15) is 13.2 Å². The zero-order valence-electron chi connectivity index (χ0n) is 12.0.